The standard InChI is InChI=1S/C20H16N4O3S/c1-28(26,27)17-7-4-6-15(9-17)23-13-16(10-21)24(20(23)25)19-12-22-11-14-5-2-3-8-18(14)19/h2-9,11-12,16H,13H2,1H3. The third kappa shape index (κ3) is 2.96. The van der Waals surface area contributed by atoms with Gasteiger partial charge in [-0.05, 0) is 18.2 Å². The number of anilines is 2. The van der Waals surface area contributed by atoms with Gasteiger partial charge >= 0.3 is 6.03 Å². The normalized spacial score (nSPS) is 17.1. The Morgan fingerprint density at radius 2 is 1.93 bits per heavy atom. The van der Waals surface area contributed by atoms with E-state index < -0.39 is 21.9 Å². The summed E-state index contributed by atoms with van der Waals surface area (Å²) in [6.07, 6.45) is 4.39. The molecule has 2 aromatic carbocycles. The van der Waals surface area contributed by atoms with Crippen LogP contribution in [0.2, 0.25) is 0 Å². The van der Waals surface area contributed by atoms with Crippen molar-refractivity contribution in [3.05, 3.63) is 60.9 Å². The van der Waals surface area contributed by atoms with Gasteiger partial charge < -0.3 is 0 Å². The Morgan fingerprint density at radius 1 is 1.14 bits per heavy atom. The monoisotopic (exact) mass is 392 g/mol. The van der Waals surface area contributed by atoms with Crippen LogP contribution in [0.4, 0.5) is 16.2 Å². The van der Waals surface area contributed by atoms with Crippen LogP contribution in [0.25, 0.3) is 10.8 Å². The van der Waals surface area contributed by atoms with Crippen molar-refractivity contribution in [2.24, 2.45) is 0 Å². The topological polar surface area (TPSA) is 94.4 Å². The average molecular weight is 392 g/mol. The van der Waals surface area contributed by atoms with Crippen LogP contribution in [-0.2, 0) is 9.84 Å². The molecule has 140 valence electrons. The molecule has 1 saturated heterocycles. The predicted octanol–water partition coefficient (Wildman–Crippen LogP) is 2.98. The third-order valence-corrected chi connectivity index (χ3v) is 5.83. The number of nitrogens with zero attached hydrogens (tertiary/aromatic N) is 4. The quantitative estimate of drug-likeness (QED) is 0.683. The third-order valence-electron chi connectivity index (χ3n) is 4.72. The molecular weight excluding hydrogens is 376 g/mol. The Kier molecular flexibility index (Phi) is 4.24. The van der Waals surface area contributed by atoms with Gasteiger partial charge in [0.2, 0.25) is 0 Å². The summed E-state index contributed by atoms with van der Waals surface area (Å²) in [5, 5.41) is 11.3. The number of carbonyl (C=O) groups excluding carboxylic acids is 1. The molecule has 1 aliphatic rings. The van der Waals surface area contributed by atoms with E-state index in [0.29, 0.717) is 11.4 Å². The Bertz CT molecular complexity index is 1230. The first kappa shape index (κ1) is 17.9. The van der Waals surface area contributed by atoms with Gasteiger partial charge in [-0.1, -0.05) is 30.3 Å². The Labute approximate surface area is 162 Å². The predicted molar refractivity (Wildman–Crippen MR) is 106 cm³/mol. The Hall–Kier alpha value is -3.44. The highest BCUT2D eigenvalue weighted by atomic mass is 32.2. The fraction of sp³-hybridized carbons (Fsp3) is 0.150. The van der Waals surface area contributed by atoms with Crippen LogP contribution in [0, 0.1) is 11.3 Å². The largest absolute Gasteiger partial charge is 0.330 e. The van der Waals surface area contributed by atoms with E-state index in [-0.39, 0.29) is 11.4 Å². The van der Waals surface area contributed by atoms with Gasteiger partial charge in [-0.25, -0.2) is 13.2 Å². The van der Waals surface area contributed by atoms with Crippen LogP contribution in [0.5, 0.6) is 0 Å². The molecule has 2 amide bonds. The van der Waals surface area contributed by atoms with Crippen LogP contribution in [-0.4, -0.2) is 38.3 Å². The number of hydrogen-bond donors (Lipinski definition) is 0. The zero-order valence-electron chi connectivity index (χ0n) is 15.0. The van der Waals surface area contributed by atoms with Gasteiger partial charge in [0.1, 0.15) is 6.04 Å². The molecule has 3 aromatic rings. The number of sulfone groups is 1. The van der Waals surface area contributed by atoms with E-state index >= 15 is 0 Å². The summed E-state index contributed by atoms with van der Waals surface area (Å²) in [7, 11) is -3.41. The van der Waals surface area contributed by atoms with E-state index in [1.807, 2.05) is 24.3 Å². The first-order valence-electron chi connectivity index (χ1n) is 8.53. The van der Waals surface area contributed by atoms with Crippen molar-refractivity contribution in [1.82, 2.24) is 4.98 Å². The molecule has 0 saturated carbocycles. The lowest BCUT2D eigenvalue weighted by molar-refractivity contribution is 0.255. The molecule has 0 spiro atoms. The number of fused-ring (bicyclic) bond motifs is 1. The van der Waals surface area contributed by atoms with Crippen LogP contribution in [0.3, 0.4) is 0 Å². The fourth-order valence-corrected chi connectivity index (χ4v) is 4.02. The molecule has 0 bridgehead atoms. The first-order chi connectivity index (χ1) is 13.4. The second kappa shape index (κ2) is 6.62. The maximum atomic E-state index is 13.2. The number of nitriles is 1. The SMILES string of the molecule is CS(=O)(=O)c1cccc(N2CC(C#N)N(c3cncc4ccccc34)C2=O)c1. The zero-order valence-corrected chi connectivity index (χ0v) is 15.8. The zero-order chi connectivity index (χ0) is 19.9. The van der Waals surface area contributed by atoms with Crippen LogP contribution >= 0.6 is 0 Å². The molecule has 4 rings (SSSR count). The number of carbonyl (C=O) groups is 1. The van der Waals surface area contributed by atoms with Crippen molar-refractivity contribution in [2.45, 2.75) is 10.9 Å². The van der Waals surface area contributed by atoms with Crippen molar-refractivity contribution >= 4 is 38.0 Å². The molecular formula is C20H16N4O3S. The smallest absolute Gasteiger partial charge is 0.291 e. The van der Waals surface area contributed by atoms with Crippen LogP contribution in [0.15, 0.2) is 65.8 Å². The van der Waals surface area contributed by atoms with E-state index in [1.54, 1.807) is 24.5 Å². The minimum absolute atomic E-state index is 0.122. The van der Waals surface area contributed by atoms with E-state index in [1.165, 1.54) is 21.9 Å². The molecule has 1 aliphatic heterocycles. The summed E-state index contributed by atoms with van der Waals surface area (Å²) >= 11 is 0. The number of benzene rings is 2. The second-order valence-electron chi connectivity index (χ2n) is 6.56. The minimum atomic E-state index is -3.41. The lowest BCUT2D eigenvalue weighted by Crippen LogP contribution is -2.34. The van der Waals surface area contributed by atoms with Crippen LogP contribution < -0.4 is 9.80 Å². The second-order valence-corrected chi connectivity index (χ2v) is 8.57. The Morgan fingerprint density at radius 3 is 2.68 bits per heavy atom. The van der Waals surface area contributed by atoms with E-state index in [4.69, 9.17) is 0 Å². The summed E-state index contributed by atoms with van der Waals surface area (Å²) < 4.78 is 23.7. The number of urea groups is 1. The molecule has 1 unspecified atom stereocenters. The summed E-state index contributed by atoms with van der Waals surface area (Å²) in [5.41, 5.74) is 0.986. The van der Waals surface area contributed by atoms with E-state index in [2.05, 4.69) is 11.1 Å². The fourth-order valence-electron chi connectivity index (χ4n) is 3.36. The molecule has 0 N–H and O–H groups in total. The molecule has 1 fully saturated rings. The average Bonchev–Trinajstić information content (AvgIpc) is 3.03. The maximum Gasteiger partial charge on any atom is 0.330 e. The first-order valence-corrected chi connectivity index (χ1v) is 10.4. The summed E-state index contributed by atoms with van der Waals surface area (Å²) in [5.74, 6) is 0. The molecule has 0 radical (unpaired) electrons. The summed E-state index contributed by atoms with van der Waals surface area (Å²) in [6.45, 7) is 0.131. The summed E-state index contributed by atoms with van der Waals surface area (Å²) in [6, 6.07) is 14.7. The highest BCUT2D eigenvalue weighted by Gasteiger charge is 2.40. The van der Waals surface area contributed by atoms with E-state index in [0.717, 1.165) is 17.0 Å². The number of rotatable bonds is 3. The molecule has 1 aromatic heterocycles. The maximum absolute atomic E-state index is 13.2. The Balaban J connectivity index is 1.80. The highest BCUT2D eigenvalue weighted by Crippen LogP contribution is 2.33. The molecule has 28 heavy (non-hydrogen) atoms. The van der Waals surface area contributed by atoms with Gasteiger partial charge in [0, 0.05) is 28.9 Å². The number of amides is 2. The van der Waals surface area contributed by atoms with Crippen molar-refractivity contribution in [2.75, 3.05) is 22.6 Å². The molecule has 2 heterocycles. The lowest BCUT2D eigenvalue weighted by atomic mass is 10.1. The molecule has 0 aliphatic carbocycles. The van der Waals surface area contributed by atoms with Crippen LogP contribution in [0.1, 0.15) is 0 Å². The van der Waals surface area contributed by atoms with Gasteiger partial charge in [0.15, 0.2) is 9.84 Å². The van der Waals surface area contributed by atoms with Gasteiger partial charge in [0.25, 0.3) is 0 Å². The van der Waals surface area contributed by atoms with Crippen molar-refractivity contribution < 1.29 is 13.2 Å². The van der Waals surface area contributed by atoms with Gasteiger partial charge in [-0.3, -0.25) is 14.8 Å². The lowest BCUT2D eigenvalue weighted by Gasteiger charge is -2.21. The van der Waals surface area contributed by atoms with Crippen molar-refractivity contribution in [3.8, 4) is 6.07 Å². The van der Waals surface area contributed by atoms with Crippen molar-refractivity contribution in [1.29, 1.82) is 5.26 Å². The number of pyridine rings is 1. The molecule has 8 heteroatoms. The number of aromatic nitrogens is 1. The van der Waals surface area contributed by atoms with E-state index in [9.17, 15) is 18.5 Å². The minimum Gasteiger partial charge on any atom is -0.291 e. The molecule has 1 atom stereocenters. The van der Waals surface area contributed by atoms with Gasteiger partial charge in [0.05, 0.1) is 29.4 Å². The van der Waals surface area contributed by atoms with Gasteiger partial charge in [-0.2, -0.15) is 5.26 Å². The summed E-state index contributed by atoms with van der Waals surface area (Å²) in [4.78, 5) is 20.4. The molecule has 7 nitrogen and oxygen atoms in total. The number of hydrogen-bond acceptors (Lipinski definition) is 5. The highest BCUT2D eigenvalue weighted by molar-refractivity contribution is 7.90. The van der Waals surface area contributed by atoms with Crippen molar-refractivity contribution in [3.63, 3.8) is 0 Å². The van der Waals surface area contributed by atoms with Gasteiger partial charge in [-0.15, -0.1) is 0 Å².